The number of ether oxygens (including phenoxy) is 1. The van der Waals surface area contributed by atoms with Gasteiger partial charge in [0.1, 0.15) is 0 Å². The molecule has 1 aromatic heterocycles. The van der Waals surface area contributed by atoms with Gasteiger partial charge in [-0.25, -0.2) is 4.79 Å². The Balaban J connectivity index is 2.01. The molecule has 21 heavy (non-hydrogen) atoms. The summed E-state index contributed by atoms with van der Waals surface area (Å²) in [6.45, 7) is 5.17. The Kier molecular flexibility index (Phi) is 3.49. The zero-order valence-electron chi connectivity index (χ0n) is 12.3. The van der Waals surface area contributed by atoms with Crippen LogP contribution in [0.25, 0.3) is 10.9 Å². The summed E-state index contributed by atoms with van der Waals surface area (Å²) in [4.78, 5) is 12.1. The molecule has 5 nitrogen and oxygen atoms in total. The monoisotopic (exact) mass is 285 g/mol. The van der Waals surface area contributed by atoms with Gasteiger partial charge in [0.15, 0.2) is 5.69 Å². The van der Waals surface area contributed by atoms with Gasteiger partial charge < -0.3 is 10.1 Å². The van der Waals surface area contributed by atoms with Gasteiger partial charge in [0, 0.05) is 11.9 Å². The molecule has 1 saturated carbocycles. The first-order valence-electron chi connectivity index (χ1n) is 7.29. The number of rotatable bonds is 5. The summed E-state index contributed by atoms with van der Waals surface area (Å²) >= 11 is 0. The summed E-state index contributed by atoms with van der Waals surface area (Å²) in [6.07, 6.45) is 2.43. The Hall–Kier alpha value is -2.17. The van der Waals surface area contributed by atoms with Crippen LogP contribution in [0.15, 0.2) is 24.3 Å². The number of aromatic nitrogens is 2. The van der Waals surface area contributed by atoms with E-state index in [4.69, 9.17) is 4.74 Å². The molecular formula is C16H19N3O2. The number of hydrogen-bond donors (Lipinski definition) is 1. The van der Waals surface area contributed by atoms with Crippen LogP contribution in [0.1, 0.15) is 37.2 Å². The van der Waals surface area contributed by atoms with Gasteiger partial charge in [0.25, 0.3) is 0 Å². The maximum absolute atomic E-state index is 12.1. The van der Waals surface area contributed by atoms with Crippen LogP contribution in [-0.4, -0.2) is 29.3 Å². The lowest BCUT2D eigenvalue weighted by Gasteiger charge is -2.15. The Bertz CT molecular complexity index is 680. The van der Waals surface area contributed by atoms with E-state index in [1.165, 1.54) is 12.8 Å². The average Bonchev–Trinajstić information content (AvgIpc) is 3.23. The minimum absolute atomic E-state index is 0.264. The van der Waals surface area contributed by atoms with Gasteiger partial charge in [-0.2, -0.15) is 0 Å². The molecular weight excluding hydrogens is 266 g/mol. The molecule has 3 rings (SSSR count). The van der Waals surface area contributed by atoms with Crippen molar-refractivity contribution >= 4 is 22.6 Å². The molecule has 0 radical (unpaired) electrons. The van der Waals surface area contributed by atoms with Gasteiger partial charge in [-0.1, -0.05) is 25.1 Å². The molecule has 5 heteroatoms. The number of fused-ring (bicyclic) bond motifs is 1. The molecule has 1 aliphatic rings. The van der Waals surface area contributed by atoms with Crippen molar-refractivity contribution in [3.63, 3.8) is 0 Å². The maximum Gasteiger partial charge on any atom is 0.361 e. The summed E-state index contributed by atoms with van der Waals surface area (Å²) in [6, 6.07) is 7.68. The Morgan fingerprint density at radius 1 is 1.33 bits per heavy atom. The van der Waals surface area contributed by atoms with E-state index in [2.05, 4.69) is 22.4 Å². The predicted octanol–water partition coefficient (Wildman–Crippen LogP) is 3.02. The van der Waals surface area contributed by atoms with Crippen molar-refractivity contribution < 1.29 is 9.53 Å². The van der Waals surface area contributed by atoms with Crippen LogP contribution in [-0.2, 0) is 4.74 Å². The number of anilines is 1. The van der Waals surface area contributed by atoms with Crippen LogP contribution in [0, 0.1) is 5.41 Å². The number of nitrogens with one attached hydrogen (secondary N) is 1. The molecule has 1 aromatic carbocycles. The van der Waals surface area contributed by atoms with Crippen LogP contribution in [0.5, 0.6) is 0 Å². The SMILES string of the molecule is CCOC(=O)c1nnc2ccccc2c1NCC1(C)CC1. The molecule has 1 fully saturated rings. The maximum atomic E-state index is 12.1. The molecule has 0 saturated heterocycles. The lowest BCUT2D eigenvalue weighted by molar-refractivity contribution is 0.0519. The minimum Gasteiger partial charge on any atom is -0.461 e. The summed E-state index contributed by atoms with van der Waals surface area (Å²) in [7, 11) is 0. The molecule has 2 aromatic rings. The lowest BCUT2D eigenvalue weighted by Crippen LogP contribution is -2.17. The van der Waals surface area contributed by atoms with Crippen LogP contribution in [0.3, 0.4) is 0 Å². The fraction of sp³-hybridized carbons (Fsp3) is 0.438. The van der Waals surface area contributed by atoms with Crippen LogP contribution in [0.4, 0.5) is 5.69 Å². The zero-order valence-corrected chi connectivity index (χ0v) is 12.3. The third kappa shape index (κ3) is 2.82. The molecule has 0 unspecified atom stereocenters. The van der Waals surface area contributed by atoms with Crippen molar-refractivity contribution in [1.29, 1.82) is 0 Å². The quantitative estimate of drug-likeness (QED) is 0.855. The second kappa shape index (κ2) is 5.31. The highest BCUT2D eigenvalue weighted by molar-refractivity contribution is 6.03. The minimum atomic E-state index is -0.431. The summed E-state index contributed by atoms with van der Waals surface area (Å²) in [5.41, 5.74) is 2.09. The van der Waals surface area contributed by atoms with E-state index in [9.17, 15) is 4.79 Å². The second-order valence-electron chi connectivity index (χ2n) is 5.83. The van der Waals surface area contributed by atoms with Crippen LogP contribution in [0.2, 0.25) is 0 Å². The topological polar surface area (TPSA) is 64.1 Å². The van der Waals surface area contributed by atoms with E-state index in [0.29, 0.717) is 12.0 Å². The highest BCUT2D eigenvalue weighted by Crippen LogP contribution is 2.45. The number of esters is 1. The molecule has 1 aliphatic carbocycles. The van der Waals surface area contributed by atoms with Crippen LogP contribution < -0.4 is 5.32 Å². The summed E-state index contributed by atoms with van der Waals surface area (Å²) in [5.74, 6) is -0.431. The highest BCUT2D eigenvalue weighted by atomic mass is 16.5. The Morgan fingerprint density at radius 3 is 2.81 bits per heavy atom. The smallest absolute Gasteiger partial charge is 0.361 e. The molecule has 0 spiro atoms. The third-order valence-electron chi connectivity index (χ3n) is 3.93. The van der Waals surface area contributed by atoms with Crippen LogP contribution >= 0.6 is 0 Å². The number of carbonyl (C=O) groups is 1. The van der Waals surface area contributed by atoms with E-state index >= 15 is 0 Å². The first-order valence-corrected chi connectivity index (χ1v) is 7.29. The van der Waals surface area contributed by atoms with Crippen molar-refractivity contribution in [2.45, 2.75) is 26.7 Å². The number of carbonyl (C=O) groups excluding carboxylic acids is 1. The van der Waals surface area contributed by atoms with Gasteiger partial charge in [-0.3, -0.25) is 0 Å². The third-order valence-corrected chi connectivity index (χ3v) is 3.93. The number of nitrogens with zero attached hydrogens (tertiary/aromatic N) is 2. The average molecular weight is 285 g/mol. The molecule has 0 bridgehead atoms. The fourth-order valence-electron chi connectivity index (χ4n) is 2.27. The van der Waals surface area contributed by atoms with Crippen molar-refractivity contribution in [2.75, 3.05) is 18.5 Å². The largest absolute Gasteiger partial charge is 0.461 e. The van der Waals surface area contributed by atoms with Crippen molar-refractivity contribution in [3.8, 4) is 0 Å². The van der Waals surface area contributed by atoms with E-state index in [1.54, 1.807) is 6.92 Å². The van der Waals surface area contributed by atoms with Gasteiger partial charge >= 0.3 is 5.97 Å². The second-order valence-corrected chi connectivity index (χ2v) is 5.83. The van der Waals surface area contributed by atoms with E-state index in [-0.39, 0.29) is 5.69 Å². The highest BCUT2D eigenvalue weighted by Gasteiger charge is 2.37. The van der Waals surface area contributed by atoms with Gasteiger partial charge in [0.05, 0.1) is 17.8 Å². The van der Waals surface area contributed by atoms with E-state index < -0.39 is 5.97 Å². The summed E-state index contributed by atoms with van der Waals surface area (Å²) in [5, 5.41) is 12.5. The van der Waals surface area contributed by atoms with Gasteiger partial charge in [-0.15, -0.1) is 10.2 Å². The molecule has 0 amide bonds. The fourth-order valence-corrected chi connectivity index (χ4v) is 2.27. The molecule has 1 N–H and O–H groups in total. The molecule has 0 atom stereocenters. The molecule has 110 valence electrons. The first-order chi connectivity index (χ1) is 10.1. The normalized spacial score (nSPS) is 15.7. The molecule has 1 heterocycles. The Labute approximate surface area is 123 Å². The zero-order chi connectivity index (χ0) is 14.9. The number of hydrogen-bond acceptors (Lipinski definition) is 5. The standard InChI is InChI=1S/C16H19N3O2/c1-3-21-15(20)14-13(17-10-16(2)8-9-16)11-6-4-5-7-12(11)18-19-14/h4-7H,3,8-10H2,1-2H3,(H,17,18). The number of benzene rings is 1. The van der Waals surface area contributed by atoms with E-state index in [0.717, 1.165) is 23.1 Å². The predicted molar refractivity (Wildman–Crippen MR) is 81.3 cm³/mol. The van der Waals surface area contributed by atoms with Crippen molar-refractivity contribution in [3.05, 3.63) is 30.0 Å². The van der Waals surface area contributed by atoms with Gasteiger partial charge in [-0.05, 0) is 31.2 Å². The van der Waals surface area contributed by atoms with Crippen molar-refractivity contribution in [2.24, 2.45) is 5.41 Å². The first kappa shape index (κ1) is 13.8. The Morgan fingerprint density at radius 2 is 2.10 bits per heavy atom. The van der Waals surface area contributed by atoms with Crippen molar-refractivity contribution in [1.82, 2.24) is 10.2 Å². The molecule has 0 aliphatic heterocycles. The van der Waals surface area contributed by atoms with E-state index in [1.807, 2.05) is 24.3 Å². The lowest BCUT2D eigenvalue weighted by atomic mass is 10.1. The van der Waals surface area contributed by atoms with Gasteiger partial charge in [0.2, 0.25) is 0 Å². The summed E-state index contributed by atoms with van der Waals surface area (Å²) < 4.78 is 5.08.